The van der Waals surface area contributed by atoms with Crippen molar-refractivity contribution in [2.24, 2.45) is 0 Å². The number of rotatable bonds is 8. The van der Waals surface area contributed by atoms with Crippen molar-refractivity contribution in [2.45, 2.75) is 25.5 Å². The Labute approximate surface area is 230 Å². The lowest BCUT2D eigenvalue weighted by Gasteiger charge is -2.34. The van der Waals surface area contributed by atoms with Gasteiger partial charge in [-0.05, 0) is 36.8 Å². The fourth-order valence-electron chi connectivity index (χ4n) is 4.86. The molecule has 12 heteroatoms. The molecule has 3 aromatic rings. The van der Waals surface area contributed by atoms with Crippen LogP contribution in [0.1, 0.15) is 24.9 Å². The first kappa shape index (κ1) is 27.3. The highest BCUT2D eigenvalue weighted by Crippen LogP contribution is 2.40. The zero-order valence-corrected chi connectivity index (χ0v) is 22.2. The number of hydroxylamine groups is 1. The Hall–Kier alpha value is -4.29. The van der Waals surface area contributed by atoms with Gasteiger partial charge in [0.15, 0.2) is 5.82 Å². The number of nitrogens with one attached hydrogen (secondary N) is 2. The predicted octanol–water partition coefficient (Wildman–Crippen LogP) is 4.74. The van der Waals surface area contributed by atoms with Crippen LogP contribution in [0.2, 0.25) is 0 Å². The number of hydrogen-bond acceptors (Lipinski definition) is 9. The Morgan fingerprint density at radius 1 is 1.12 bits per heavy atom. The maximum Gasteiger partial charge on any atom is 0.247 e. The molecule has 2 N–H and O–H groups in total. The van der Waals surface area contributed by atoms with Gasteiger partial charge in [0, 0.05) is 37.7 Å². The number of ether oxygens (including phenoxy) is 2. The van der Waals surface area contributed by atoms with Crippen LogP contribution in [0.4, 0.5) is 37.5 Å². The molecule has 2 saturated heterocycles. The average Bonchev–Trinajstić information content (AvgIpc) is 3.43. The van der Waals surface area contributed by atoms with E-state index in [1.54, 1.807) is 19.2 Å². The molecule has 10 nitrogen and oxygen atoms in total. The van der Waals surface area contributed by atoms with E-state index in [1.807, 2.05) is 13.0 Å². The minimum absolute atomic E-state index is 0.0282. The molecule has 3 heterocycles. The summed E-state index contributed by atoms with van der Waals surface area (Å²) in [7, 11) is 1.56. The first-order valence-electron chi connectivity index (χ1n) is 12.8. The number of benzene rings is 2. The van der Waals surface area contributed by atoms with Crippen LogP contribution in [0.15, 0.2) is 55.4 Å². The van der Waals surface area contributed by atoms with Crippen LogP contribution in [-0.2, 0) is 14.4 Å². The summed E-state index contributed by atoms with van der Waals surface area (Å²) in [5, 5.41) is 7.64. The third kappa shape index (κ3) is 5.97. The molecule has 2 atom stereocenters. The first-order chi connectivity index (χ1) is 19.3. The van der Waals surface area contributed by atoms with Gasteiger partial charge >= 0.3 is 0 Å². The van der Waals surface area contributed by atoms with Crippen molar-refractivity contribution >= 4 is 34.6 Å². The molecule has 2 aliphatic rings. The largest absolute Gasteiger partial charge is 0.494 e. The molecule has 2 aromatic carbocycles. The summed E-state index contributed by atoms with van der Waals surface area (Å²) in [6.45, 7) is 7.77. The van der Waals surface area contributed by atoms with Crippen LogP contribution < -0.4 is 25.3 Å². The highest BCUT2D eigenvalue weighted by molar-refractivity contribution is 6.02. The molecule has 210 valence electrons. The summed E-state index contributed by atoms with van der Waals surface area (Å²) in [4.78, 5) is 28.8. The standard InChI is InChI=1S/C28H30F2N6O4/c1-4-28(37)34-21-12-22(25(38-3)13-24(21)35-6-8-39-17(2)15-35)33-26-14-27(32-16-31-26)36-23(5-7-40-36)18-9-19(29)11-20(30)10-18/h4,9-14,16-17,23H,1,5-8,15H2,2-3H3,(H,34,37)(H,31,32,33)/t17-,23+/m0/s1. The predicted molar refractivity (Wildman–Crippen MR) is 147 cm³/mol. The van der Waals surface area contributed by atoms with E-state index in [4.69, 9.17) is 14.3 Å². The second kappa shape index (κ2) is 11.8. The third-order valence-electron chi connectivity index (χ3n) is 6.66. The van der Waals surface area contributed by atoms with Crippen LogP contribution in [0.25, 0.3) is 0 Å². The van der Waals surface area contributed by atoms with Crippen molar-refractivity contribution in [3.8, 4) is 5.75 Å². The summed E-state index contributed by atoms with van der Waals surface area (Å²) in [6.07, 6.45) is 3.12. The smallest absolute Gasteiger partial charge is 0.247 e. The zero-order chi connectivity index (χ0) is 28.2. The molecule has 5 rings (SSSR count). The van der Waals surface area contributed by atoms with Crippen molar-refractivity contribution < 1.29 is 27.9 Å². The minimum Gasteiger partial charge on any atom is -0.494 e. The number of nitrogens with zero attached hydrogens (tertiary/aromatic N) is 4. The van der Waals surface area contributed by atoms with Crippen LogP contribution in [0.3, 0.4) is 0 Å². The maximum atomic E-state index is 13.9. The van der Waals surface area contributed by atoms with Gasteiger partial charge in [-0.1, -0.05) is 6.58 Å². The number of carbonyl (C=O) groups excluding carboxylic acids is 1. The van der Waals surface area contributed by atoms with Gasteiger partial charge in [0.25, 0.3) is 0 Å². The molecule has 1 amide bonds. The lowest BCUT2D eigenvalue weighted by Crippen LogP contribution is -2.41. The molecule has 2 aliphatic heterocycles. The first-order valence-corrected chi connectivity index (χ1v) is 12.8. The topological polar surface area (TPSA) is 101 Å². The Kier molecular flexibility index (Phi) is 8.08. The van der Waals surface area contributed by atoms with Gasteiger partial charge in [0.1, 0.15) is 29.5 Å². The number of methoxy groups -OCH3 is 1. The lowest BCUT2D eigenvalue weighted by atomic mass is 10.0. The van der Waals surface area contributed by atoms with Crippen molar-refractivity contribution in [2.75, 3.05) is 54.0 Å². The molecule has 0 saturated carbocycles. The molecular weight excluding hydrogens is 522 g/mol. The average molecular weight is 553 g/mol. The summed E-state index contributed by atoms with van der Waals surface area (Å²) >= 11 is 0. The maximum absolute atomic E-state index is 13.9. The normalized spacial score (nSPS) is 18.9. The van der Waals surface area contributed by atoms with Crippen LogP contribution in [0.5, 0.6) is 5.75 Å². The Morgan fingerprint density at radius 3 is 2.65 bits per heavy atom. The number of halogens is 2. The van der Waals surface area contributed by atoms with Gasteiger partial charge in [0.05, 0.1) is 49.5 Å². The fraction of sp³-hybridized carbons (Fsp3) is 0.321. The molecular formula is C28H30F2N6O4. The number of morpholine rings is 1. The second-order valence-electron chi connectivity index (χ2n) is 9.44. The van der Waals surface area contributed by atoms with Gasteiger partial charge in [-0.15, -0.1) is 0 Å². The molecule has 2 fully saturated rings. The molecule has 0 spiro atoms. The summed E-state index contributed by atoms with van der Waals surface area (Å²) in [5.74, 6) is -0.327. The van der Waals surface area contributed by atoms with E-state index in [2.05, 4.69) is 32.1 Å². The molecule has 1 aromatic heterocycles. The summed E-state index contributed by atoms with van der Waals surface area (Å²) in [5.41, 5.74) is 2.34. The second-order valence-corrected chi connectivity index (χ2v) is 9.44. The van der Waals surface area contributed by atoms with Crippen LogP contribution in [-0.4, -0.2) is 55.4 Å². The monoisotopic (exact) mass is 552 g/mol. The number of anilines is 5. The van der Waals surface area contributed by atoms with Crippen molar-refractivity contribution in [3.63, 3.8) is 0 Å². The summed E-state index contributed by atoms with van der Waals surface area (Å²) < 4.78 is 39.2. The zero-order valence-electron chi connectivity index (χ0n) is 22.2. The van der Waals surface area contributed by atoms with E-state index in [9.17, 15) is 13.6 Å². The molecule has 0 radical (unpaired) electrons. The van der Waals surface area contributed by atoms with Crippen LogP contribution >= 0.6 is 0 Å². The van der Waals surface area contributed by atoms with Crippen molar-refractivity contribution in [1.82, 2.24) is 9.97 Å². The Balaban J connectivity index is 1.45. The van der Waals surface area contributed by atoms with Gasteiger partial charge < -0.3 is 25.0 Å². The van der Waals surface area contributed by atoms with E-state index in [0.29, 0.717) is 67.0 Å². The van der Waals surface area contributed by atoms with E-state index >= 15 is 0 Å². The lowest BCUT2D eigenvalue weighted by molar-refractivity contribution is -0.111. The molecule has 40 heavy (non-hydrogen) atoms. The van der Waals surface area contributed by atoms with Crippen molar-refractivity contribution in [3.05, 3.63) is 72.6 Å². The number of amides is 1. The number of hydrogen-bond donors (Lipinski definition) is 2. The third-order valence-corrected chi connectivity index (χ3v) is 6.66. The Morgan fingerprint density at radius 2 is 1.93 bits per heavy atom. The van der Waals surface area contributed by atoms with E-state index in [0.717, 1.165) is 11.8 Å². The number of aromatic nitrogens is 2. The highest BCUT2D eigenvalue weighted by atomic mass is 19.1. The minimum atomic E-state index is -0.659. The summed E-state index contributed by atoms with van der Waals surface area (Å²) in [6, 6.07) is 8.25. The number of carbonyl (C=O) groups is 1. The van der Waals surface area contributed by atoms with Crippen molar-refractivity contribution in [1.29, 1.82) is 0 Å². The van der Waals surface area contributed by atoms with Gasteiger partial charge in [0.2, 0.25) is 5.91 Å². The van der Waals surface area contributed by atoms with E-state index in [-0.39, 0.29) is 12.0 Å². The van der Waals surface area contributed by atoms with Gasteiger partial charge in [-0.3, -0.25) is 9.63 Å². The highest BCUT2D eigenvalue weighted by Gasteiger charge is 2.30. The Bertz CT molecular complexity index is 1390. The van der Waals surface area contributed by atoms with E-state index < -0.39 is 17.7 Å². The SMILES string of the molecule is C=CC(=O)Nc1cc(Nc2cc(N3OCC[C@@H]3c3cc(F)cc(F)c3)ncn2)c(OC)cc1N1CCO[C@@H](C)C1. The molecule has 0 bridgehead atoms. The molecule has 0 unspecified atom stereocenters. The quantitative estimate of drug-likeness (QED) is 0.384. The fourth-order valence-corrected chi connectivity index (χ4v) is 4.86. The van der Waals surface area contributed by atoms with E-state index in [1.165, 1.54) is 29.6 Å². The van der Waals surface area contributed by atoms with Crippen LogP contribution in [0, 0.1) is 11.6 Å². The van der Waals surface area contributed by atoms with Gasteiger partial charge in [-0.2, -0.15) is 0 Å². The van der Waals surface area contributed by atoms with Gasteiger partial charge in [-0.25, -0.2) is 23.8 Å². The molecule has 0 aliphatic carbocycles.